The first-order valence-corrected chi connectivity index (χ1v) is 13.8. The standard InChI is InChI=1S/C30H43N5O5/c1-20(2)17-25(34-27(36)23(32)18-21-11-5-3-6-12-21)28(37)35-26(19-22-13-7-4-8-14-22)29(38)33-24(30(39)40)15-9-10-16-31/h3-8,11-14,20,23-26H,9-10,15-19,31-32H2,1-2H3,(H,33,38)(H,34,36)(H,35,37)(H,39,40)/t23-,24-,25-,26-/m0/s1. The molecule has 10 nitrogen and oxygen atoms in total. The predicted octanol–water partition coefficient (Wildman–Crippen LogP) is 1.51. The van der Waals surface area contributed by atoms with Crippen LogP contribution in [0.15, 0.2) is 60.7 Å². The van der Waals surface area contributed by atoms with Gasteiger partial charge in [-0.05, 0) is 55.7 Å². The number of benzene rings is 2. The first-order chi connectivity index (χ1) is 19.1. The topological polar surface area (TPSA) is 177 Å². The number of carboxylic acid groups (broad SMARTS) is 1. The average molecular weight is 554 g/mol. The Kier molecular flexibility index (Phi) is 13.8. The molecule has 0 saturated carbocycles. The van der Waals surface area contributed by atoms with Crippen LogP contribution in [0.1, 0.15) is 50.7 Å². The number of carboxylic acids is 1. The maximum atomic E-state index is 13.5. The molecule has 4 atom stereocenters. The second kappa shape index (κ2) is 17.0. The first-order valence-electron chi connectivity index (χ1n) is 13.8. The van der Waals surface area contributed by atoms with Gasteiger partial charge < -0.3 is 32.5 Å². The predicted molar refractivity (Wildman–Crippen MR) is 154 cm³/mol. The summed E-state index contributed by atoms with van der Waals surface area (Å²) in [6.07, 6.45) is 2.16. The van der Waals surface area contributed by atoms with Crippen LogP contribution in [0, 0.1) is 5.92 Å². The highest BCUT2D eigenvalue weighted by Gasteiger charge is 2.31. The van der Waals surface area contributed by atoms with Gasteiger partial charge in [-0.25, -0.2) is 4.79 Å². The SMILES string of the molecule is CC(C)C[C@H](NC(=O)[C@@H](N)Cc1ccccc1)C(=O)N[C@@H](Cc1ccccc1)C(=O)N[C@@H](CCCCN)C(=O)O. The average Bonchev–Trinajstić information content (AvgIpc) is 2.92. The monoisotopic (exact) mass is 553 g/mol. The highest BCUT2D eigenvalue weighted by molar-refractivity contribution is 5.94. The molecule has 8 N–H and O–H groups in total. The Hall–Kier alpha value is -3.76. The van der Waals surface area contributed by atoms with Crippen LogP contribution < -0.4 is 27.4 Å². The minimum atomic E-state index is -1.16. The molecule has 3 amide bonds. The van der Waals surface area contributed by atoms with Crippen molar-refractivity contribution in [2.75, 3.05) is 6.54 Å². The van der Waals surface area contributed by atoms with Gasteiger partial charge in [-0.1, -0.05) is 74.5 Å². The molecular formula is C30H43N5O5. The number of hydrogen-bond acceptors (Lipinski definition) is 6. The van der Waals surface area contributed by atoms with Gasteiger partial charge in [-0.3, -0.25) is 14.4 Å². The van der Waals surface area contributed by atoms with E-state index in [-0.39, 0.29) is 18.8 Å². The Morgan fingerprint density at radius 1 is 0.725 bits per heavy atom. The van der Waals surface area contributed by atoms with Crippen molar-refractivity contribution in [3.05, 3.63) is 71.8 Å². The lowest BCUT2D eigenvalue weighted by Crippen LogP contribution is -2.58. The smallest absolute Gasteiger partial charge is 0.326 e. The fourth-order valence-corrected chi connectivity index (χ4v) is 4.30. The number of nitrogens with two attached hydrogens (primary N) is 2. The van der Waals surface area contributed by atoms with Gasteiger partial charge >= 0.3 is 5.97 Å². The molecule has 10 heteroatoms. The van der Waals surface area contributed by atoms with E-state index in [4.69, 9.17) is 11.5 Å². The molecule has 0 heterocycles. The number of nitrogens with one attached hydrogen (secondary N) is 3. The van der Waals surface area contributed by atoms with Crippen LogP contribution >= 0.6 is 0 Å². The van der Waals surface area contributed by atoms with Crippen molar-refractivity contribution in [1.29, 1.82) is 0 Å². The van der Waals surface area contributed by atoms with Gasteiger partial charge in [-0.15, -0.1) is 0 Å². The van der Waals surface area contributed by atoms with Gasteiger partial charge in [0.05, 0.1) is 6.04 Å². The molecule has 2 aromatic rings. The molecule has 0 unspecified atom stereocenters. The van der Waals surface area contributed by atoms with E-state index in [0.717, 1.165) is 11.1 Å². The largest absolute Gasteiger partial charge is 0.480 e. The summed E-state index contributed by atoms with van der Waals surface area (Å²) < 4.78 is 0. The Morgan fingerprint density at radius 3 is 1.75 bits per heavy atom. The highest BCUT2D eigenvalue weighted by Crippen LogP contribution is 2.10. The summed E-state index contributed by atoms with van der Waals surface area (Å²) in [4.78, 5) is 51.5. The molecule has 2 aromatic carbocycles. The molecule has 0 bridgehead atoms. The summed E-state index contributed by atoms with van der Waals surface area (Å²) in [5.41, 5.74) is 13.3. The molecule has 0 spiro atoms. The van der Waals surface area contributed by atoms with E-state index >= 15 is 0 Å². The Balaban J connectivity index is 2.18. The maximum Gasteiger partial charge on any atom is 0.326 e. The Bertz CT molecular complexity index is 1080. The molecule has 0 aliphatic heterocycles. The third-order valence-corrected chi connectivity index (χ3v) is 6.45. The molecule has 0 aliphatic rings. The first kappa shape index (κ1) is 32.5. The van der Waals surface area contributed by atoms with E-state index in [0.29, 0.717) is 32.2 Å². The molecule has 0 radical (unpaired) electrons. The number of rotatable bonds is 17. The normalized spacial score (nSPS) is 14.0. The Morgan fingerprint density at radius 2 is 1.23 bits per heavy atom. The number of unbranched alkanes of at least 4 members (excludes halogenated alkanes) is 1. The highest BCUT2D eigenvalue weighted by atomic mass is 16.4. The summed E-state index contributed by atoms with van der Waals surface area (Å²) in [6, 6.07) is 14.5. The number of hydrogen-bond donors (Lipinski definition) is 6. The molecule has 0 aromatic heterocycles. The quantitative estimate of drug-likeness (QED) is 0.161. The van der Waals surface area contributed by atoms with Crippen LogP contribution in [0.3, 0.4) is 0 Å². The van der Waals surface area contributed by atoms with Crippen LogP contribution in [0.2, 0.25) is 0 Å². The van der Waals surface area contributed by atoms with Gasteiger partial charge in [0, 0.05) is 6.42 Å². The van der Waals surface area contributed by atoms with Crippen molar-refractivity contribution < 1.29 is 24.3 Å². The van der Waals surface area contributed by atoms with Gasteiger partial charge in [-0.2, -0.15) is 0 Å². The molecule has 0 aliphatic carbocycles. The van der Waals surface area contributed by atoms with Crippen molar-refractivity contribution >= 4 is 23.7 Å². The van der Waals surface area contributed by atoms with Gasteiger partial charge in [0.2, 0.25) is 17.7 Å². The third kappa shape index (κ3) is 11.5. The second-order valence-corrected chi connectivity index (χ2v) is 10.4. The lowest BCUT2D eigenvalue weighted by Gasteiger charge is -2.26. The van der Waals surface area contributed by atoms with Gasteiger partial charge in [0.15, 0.2) is 0 Å². The van der Waals surface area contributed by atoms with Gasteiger partial charge in [0.25, 0.3) is 0 Å². The van der Waals surface area contributed by atoms with Crippen LogP contribution in [-0.2, 0) is 32.0 Å². The van der Waals surface area contributed by atoms with E-state index in [1.807, 2.05) is 74.5 Å². The number of carbonyl (C=O) groups is 4. The fourth-order valence-electron chi connectivity index (χ4n) is 4.30. The van der Waals surface area contributed by atoms with Crippen molar-refractivity contribution in [1.82, 2.24) is 16.0 Å². The lowest BCUT2D eigenvalue weighted by molar-refractivity contribution is -0.142. The van der Waals surface area contributed by atoms with Gasteiger partial charge in [0.1, 0.15) is 18.1 Å². The van der Waals surface area contributed by atoms with Crippen molar-refractivity contribution in [3.63, 3.8) is 0 Å². The molecular weight excluding hydrogens is 510 g/mol. The van der Waals surface area contributed by atoms with Crippen LogP contribution in [0.5, 0.6) is 0 Å². The van der Waals surface area contributed by atoms with E-state index < -0.39 is 47.9 Å². The van der Waals surface area contributed by atoms with E-state index in [9.17, 15) is 24.3 Å². The number of aliphatic carboxylic acids is 1. The van der Waals surface area contributed by atoms with Crippen LogP contribution in [-0.4, -0.2) is 59.5 Å². The molecule has 2 rings (SSSR count). The molecule has 0 saturated heterocycles. The summed E-state index contributed by atoms with van der Waals surface area (Å²) in [5, 5.41) is 17.7. The zero-order valence-corrected chi connectivity index (χ0v) is 23.3. The number of carbonyl (C=O) groups excluding carboxylic acids is 3. The van der Waals surface area contributed by atoms with E-state index in [1.165, 1.54) is 0 Å². The minimum Gasteiger partial charge on any atom is -0.480 e. The molecule has 40 heavy (non-hydrogen) atoms. The minimum absolute atomic E-state index is 0.0572. The number of amides is 3. The Labute approximate surface area is 236 Å². The van der Waals surface area contributed by atoms with Crippen molar-refractivity contribution in [2.45, 2.75) is 76.5 Å². The van der Waals surface area contributed by atoms with Crippen molar-refractivity contribution in [3.8, 4) is 0 Å². The van der Waals surface area contributed by atoms with Crippen LogP contribution in [0.4, 0.5) is 0 Å². The zero-order chi connectivity index (χ0) is 29.5. The second-order valence-electron chi connectivity index (χ2n) is 10.4. The third-order valence-electron chi connectivity index (χ3n) is 6.45. The molecule has 218 valence electrons. The van der Waals surface area contributed by atoms with Crippen molar-refractivity contribution in [2.24, 2.45) is 17.4 Å². The maximum absolute atomic E-state index is 13.5. The summed E-state index contributed by atoms with van der Waals surface area (Å²) in [6.45, 7) is 4.26. The molecule has 0 fully saturated rings. The fraction of sp³-hybridized carbons (Fsp3) is 0.467. The summed E-state index contributed by atoms with van der Waals surface area (Å²) in [5.74, 6) is -2.73. The summed E-state index contributed by atoms with van der Waals surface area (Å²) in [7, 11) is 0. The zero-order valence-electron chi connectivity index (χ0n) is 23.3. The summed E-state index contributed by atoms with van der Waals surface area (Å²) >= 11 is 0. The van der Waals surface area contributed by atoms with E-state index in [2.05, 4.69) is 16.0 Å². The van der Waals surface area contributed by atoms with Crippen LogP contribution in [0.25, 0.3) is 0 Å². The lowest BCUT2D eigenvalue weighted by atomic mass is 9.99. The van der Waals surface area contributed by atoms with E-state index in [1.54, 1.807) is 0 Å².